The zero-order chi connectivity index (χ0) is 20.1. The van der Waals surface area contributed by atoms with Gasteiger partial charge < -0.3 is 10.2 Å². The van der Waals surface area contributed by atoms with Crippen molar-refractivity contribution in [2.24, 2.45) is 0 Å². The summed E-state index contributed by atoms with van der Waals surface area (Å²) in [5, 5.41) is 26.5. The minimum Gasteiger partial charge on any atom is -0.512 e. The molecule has 0 radical (unpaired) electrons. The fraction of sp³-hybridized carbons (Fsp3) is 0.0909. The van der Waals surface area contributed by atoms with Gasteiger partial charge in [0.05, 0.1) is 5.69 Å². The van der Waals surface area contributed by atoms with Crippen LogP contribution in [0.25, 0.3) is 22.4 Å². The molecule has 0 bridgehead atoms. The van der Waals surface area contributed by atoms with Gasteiger partial charge in [0, 0.05) is 18.1 Å². The van der Waals surface area contributed by atoms with Gasteiger partial charge in [0.25, 0.3) is 0 Å². The number of hydrogen-bond donors (Lipinski definition) is 3. The van der Waals surface area contributed by atoms with E-state index in [1.54, 1.807) is 0 Å². The summed E-state index contributed by atoms with van der Waals surface area (Å²) < 4.78 is 2.28. The third-order valence-corrected chi connectivity index (χ3v) is 4.50. The van der Waals surface area contributed by atoms with Crippen LogP contribution >= 0.6 is 12.2 Å². The number of nitrogens with zero attached hydrogens (tertiary/aromatic N) is 2. The number of rotatable bonds is 6. The summed E-state index contributed by atoms with van der Waals surface area (Å²) in [6, 6.07) is 18.1. The van der Waals surface area contributed by atoms with E-state index in [1.165, 1.54) is 6.08 Å². The van der Waals surface area contributed by atoms with Gasteiger partial charge in [0.15, 0.2) is 10.6 Å². The topological polar surface area (TPSA) is 74.1 Å². The molecule has 0 saturated heterocycles. The molecule has 3 N–H and O–H groups in total. The Morgan fingerprint density at radius 3 is 2.54 bits per heavy atom. The number of aromatic nitrogens is 3. The van der Waals surface area contributed by atoms with Gasteiger partial charge in [-0.25, -0.2) is 0 Å². The normalized spacial score (nSPS) is 12.2. The van der Waals surface area contributed by atoms with E-state index < -0.39 is 0 Å². The van der Waals surface area contributed by atoms with Crippen LogP contribution in [0.4, 0.5) is 0 Å². The lowest BCUT2D eigenvalue weighted by Crippen LogP contribution is -2.02. The molecule has 0 unspecified atom stereocenters. The SMILES string of the molecule is C=C(O)/C=C(/O)C/C(=C\C)c1n[nH]c(=S)n1-c1cccc(-c2ccccc2)c1. The highest BCUT2D eigenvalue weighted by Crippen LogP contribution is 2.26. The van der Waals surface area contributed by atoms with Crippen LogP contribution in [0.3, 0.4) is 0 Å². The lowest BCUT2D eigenvalue weighted by Gasteiger charge is -2.11. The van der Waals surface area contributed by atoms with E-state index in [0.717, 1.165) is 22.4 Å². The maximum atomic E-state index is 10.1. The molecule has 0 aliphatic rings. The van der Waals surface area contributed by atoms with Crippen LogP contribution < -0.4 is 0 Å². The summed E-state index contributed by atoms with van der Waals surface area (Å²) in [5.74, 6) is 0.377. The van der Waals surface area contributed by atoms with E-state index >= 15 is 0 Å². The van der Waals surface area contributed by atoms with Crippen molar-refractivity contribution in [2.75, 3.05) is 0 Å². The molecule has 0 aliphatic heterocycles. The van der Waals surface area contributed by atoms with Crippen LogP contribution in [0, 0.1) is 4.77 Å². The number of aliphatic hydroxyl groups excluding tert-OH is 2. The Bertz CT molecular complexity index is 1110. The minimum absolute atomic E-state index is 0.0147. The average molecular weight is 391 g/mol. The Morgan fingerprint density at radius 1 is 1.14 bits per heavy atom. The summed E-state index contributed by atoms with van der Waals surface area (Å²) in [7, 11) is 0. The van der Waals surface area contributed by atoms with Gasteiger partial charge in [-0.1, -0.05) is 55.1 Å². The maximum absolute atomic E-state index is 10.1. The predicted octanol–water partition coefficient (Wildman–Crippen LogP) is 5.90. The van der Waals surface area contributed by atoms with Gasteiger partial charge in [0.2, 0.25) is 0 Å². The fourth-order valence-corrected chi connectivity index (χ4v) is 3.19. The smallest absolute Gasteiger partial charge is 0.200 e. The van der Waals surface area contributed by atoms with Gasteiger partial charge in [-0.15, -0.1) is 0 Å². The zero-order valence-corrected chi connectivity index (χ0v) is 16.3. The first-order valence-electron chi connectivity index (χ1n) is 8.76. The Balaban J connectivity index is 2.04. The Morgan fingerprint density at radius 2 is 1.86 bits per heavy atom. The van der Waals surface area contributed by atoms with Crippen molar-refractivity contribution in [3.05, 3.63) is 95.4 Å². The van der Waals surface area contributed by atoms with Crippen LogP contribution in [0.15, 0.2) is 84.8 Å². The molecule has 1 heterocycles. The number of aliphatic hydroxyl groups is 2. The molecular formula is C22H21N3O2S. The summed E-state index contributed by atoms with van der Waals surface area (Å²) in [6.45, 7) is 5.22. The molecule has 3 aromatic rings. The molecule has 0 spiro atoms. The van der Waals surface area contributed by atoms with Crippen LogP contribution in [0.1, 0.15) is 19.2 Å². The number of aromatic amines is 1. The summed E-state index contributed by atoms with van der Waals surface area (Å²) in [5.41, 5.74) is 3.79. The summed E-state index contributed by atoms with van der Waals surface area (Å²) in [4.78, 5) is 0. The lowest BCUT2D eigenvalue weighted by molar-refractivity contribution is 0.386. The highest BCUT2D eigenvalue weighted by molar-refractivity contribution is 7.71. The number of nitrogens with one attached hydrogen (secondary N) is 1. The molecule has 0 amide bonds. The summed E-state index contributed by atoms with van der Waals surface area (Å²) in [6.07, 6.45) is 3.26. The van der Waals surface area contributed by atoms with Crippen molar-refractivity contribution < 1.29 is 10.2 Å². The monoisotopic (exact) mass is 391 g/mol. The van der Waals surface area contributed by atoms with Gasteiger partial charge in [-0.2, -0.15) is 5.10 Å². The summed E-state index contributed by atoms with van der Waals surface area (Å²) >= 11 is 5.45. The van der Waals surface area contributed by atoms with Crippen LogP contribution in [-0.2, 0) is 0 Å². The molecule has 1 aromatic heterocycles. The van der Waals surface area contributed by atoms with Gasteiger partial charge in [-0.05, 0) is 42.4 Å². The van der Waals surface area contributed by atoms with Crippen molar-refractivity contribution in [3.63, 3.8) is 0 Å². The second kappa shape index (κ2) is 8.54. The third-order valence-electron chi connectivity index (χ3n) is 4.22. The molecule has 3 rings (SSSR count). The zero-order valence-electron chi connectivity index (χ0n) is 15.5. The van der Waals surface area contributed by atoms with E-state index in [4.69, 9.17) is 12.2 Å². The van der Waals surface area contributed by atoms with Crippen molar-refractivity contribution in [1.82, 2.24) is 14.8 Å². The molecule has 0 fully saturated rings. The van der Waals surface area contributed by atoms with E-state index in [-0.39, 0.29) is 17.9 Å². The standard InChI is InChI=1S/C22H21N3O2S/c1-3-16(14-20(27)12-15(2)26)21-23-24-22(28)25(21)19-11-7-10-18(13-19)17-8-5-4-6-9-17/h3-13,26-27H,2,14H2,1H3,(H,24,28)/b16-3+,20-12+. The second-order valence-corrected chi connectivity index (χ2v) is 6.61. The largest absolute Gasteiger partial charge is 0.512 e. The predicted molar refractivity (Wildman–Crippen MR) is 115 cm³/mol. The highest BCUT2D eigenvalue weighted by atomic mass is 32.1. The minimum atomic E-state index is -0.206. The molecule has 2 aromatic carbocycles. The number of benzene rings is 2. The van der Waals surface area contributed by atoms with Crippen molar-refractivity contribution in [1.29, 1.82) is 0 Å². The van der Waals surface area contributed by atoms with Gasteiger partial charge >= 0.3 is 0 Å². The first-order valence-corrected chi connectivity index (χ1v) is 9.16. The fourth-order valence-electron chi connectivity index (χ4n) is 2.96. The van der Waals surface area contributed by atoms with E-state index in [2.05, 4.69) is 28.9 Å². The number of H-pyrrole nitrogens is 1. The maximum Gasteiger partial charge on any atom is 0.200 e. The average Bonchev–Trinajstić information content (AvgIpc) is 3.07. The molecule has 5 nitrogen and oxygen atoms in total. The first-order chi connectivity index (χ1) is 13.5. The van der Waals surface area contributed by atoms with Crippen LogP contribution in [0.5, 0.6) is 0 Å². The quantitative estimate of drug-likeness (QED) is 0.278. The molecular weight excluding hydrogens is 370 g/mol. The Kier molecular flexibility index (Phi) is 5.91. The van der Waals surface area contributed by atoms with E-state index in [0.29, 0.717) is 10.6 Å². The molecule has 0 atom stereocenters. The Labute approximate surface area is 168 Å². The Hall–Kier alpha value is -3.38. The van der Waals surface area contributed by atoms with Crippen LogP contribution in [-0.4, -0.2) is 25.0 Å². The first kappa shape index (κ1) is 19.4. The second-order valence-electron chi connectivity index (χ2n) is 6.22. The lowest BCUT2D eigenvalue weighted by atomic mass is 10.0. The van der Waals surface area contributed by atoms with Gasteiger partial charge in [-0.3, -0.25) is 9.67 Å². The highest BCUT2D eigenvalue weighted by Gasteiger charge is 2.15. The number of hydrogen-bond acceptors (Lipinski definition) is 4. The van der Waals surface area contributed by atoms with Crippen LogP contribution in [0.2, 0.25) is 0 Å². The van der Waals surface area contributed by atoms with Crippen molar-refractivity contribution >= 4 is 17.8 Å². The molecule has 0 aliphatic carbocycles. The molecule has 28 heavy (non-hydrogen) atoms. The van der Waals surface area contributed by atoms with E-state index in [1.807, 2.05) is 60.0 Å². The van der Waals surface area contributed by atoms with Gasteiger partial charge in [0.1, 0.15) is 11.5 Å². The van der Waals surface area contributed by atoms with Crippen molar-refractivity contribution in [3.8, 4) is 16.8 Å². The molecule has 0 saturated carbocycles. The molecule has 142 valence electrons. The number of allylic oxidation sites excluding steroid dienone is 3. The third kappa shape index (κ3) is 4.29. The van der Waals surface area contributed by atoms with Crippen molar-refractivity contribution in [2.45, 2.75) is 13.3 Å². The molecule has 6 heteroatoms. The van der Waals surface area contributed by atoms with E-state index in [9.17, 15) is 10.2 Å².